The molecule has 2 fully saturated rings. The number of nitrogens with one attached hydrogen (secondary N) is 1. The average molecular weight is 449 g/mol. The molecule has 176 valence electrons. The third-order valence-electron chi connectivity index (χ3n) is 7.42. The first kappa shape index (κ1) is 23.3. The molecule has 2 aliphatic rings. The van der Waals surface area contributed by atoms with E-state index in [0.717, 1.165) is 56.1 Å². The molecule has 33 heavy (non-hydrogen) atoms. The van der Waals surface area contributed by atoms with Gasteiger partial charge in [-0.1, -0.05) is 32.9 Å². The van der Waals surface area contributed by atoms with Crippen LogP contribution in [0.3, 0.4) is 0 Å². The fourth-order valence-corrected chi connectivity index (χ4v) is 4.74. The number of benzene rings is 1. The zero-order chi connectivity index (χ0) is 23.5. The number of pyridine rings is 1. The maximum Gasteiger partial charge on any atom is 0.231 e. The second-order valence-corrected chi connectivity index (χ2v) is 9.95. The fourth-order valence-electron chi connectivity index (χ4n) is 4.74. The summed E-state index contributed by atoms with van der Waals surface area (Å²) >= 11 is 0. The molecule has 6 nitrogen and oxygen atoms in total. The van der Waals surface area contributed by atoms with E-state index in [1.807, 2.05) is 36.9 Å². The van der Waals surface area contributed by atoms with Crippen molar-refractivity contribution in [3.05, 3.63) is 53.9 Å². The molecule has 2 aromatic rings. The first-order valence-corrected chi connectivity index (χ1v) is 12.2. The van der Waals surface area contributed by atoms with Gasteiger partial charge in [0, 0.05) is 44.0 Å². The Morgan fingerprint density at radius 2 is 1.70 bits per heavy atom. The molecule has 2 aliphatic heterocycles. The molecule has 2 amide bonds. The van der Waals surface area contributed by atoms with Crippen LogP contribution in [0.25, 0.3) is 0 Å². The van der Waals surface area contributed by atoms with E-state index in [4.69, 9.17) is 0 Å². The first-order valence-electron chi connectivity index (χ1n) is 12.2. The van der Waals surface area contributed by atoms with E-state index in [0.29, 0.717) is 11.8 Å². The summed E-state index contributed by atoms with van der Waals surface area (Å²) in [7, 11) is 0. The summed E-state index contributed by atoms with van der Waals surface area (Å²) in [4.78, 5) is 33.8. The van der Waals surface area contributed by atoms with E-state index in [9.17, 15) is 9.59 Å². The van der Waals surface area contributed by atoms with Crippen molar-refractivity contribution in [1.29, 1.82) is 0 Å². The van der Waals surface area contributed by atoms with Crippen LogP contribution < -0.4 is 10.2 Å². The number of anilines is 2. The van der Waals surface area contributed by atoms with E-state index in [1.54, 1.807) is 6.20 Å². The minimum Gasteiger partial charge on any atom is -0.368 e. The van der Waals surface area contributed by atoms with Crippen molar-refractivity contribution in [2.45, 2.75) is 46.5 Å². The normalized spacial score (nSPS) is 18.2. The highest BCUT2D eigenvalue weighted by molar-refractivity contribution is 5.94. The molecule has 1 atom stereocenters. The van der Waals surface area contributed by atoms with Crippen molar-refractivity contribution >= 4 is 23.2 Å². The van der Waals surface area contributed by atoms with Gasteiger partial charge in [0.2, 0.25) is 11.8 Å². The van der Waals surface area contributed by atoms with Gasteiger partial charge in [-0.2, -0.15) is 0 Å². The largest absolute Gasteiger partial charge is 0.368 e. The summed E-state index contributed by atoms with van der Waals surface area (Å²) < 4.78 is 0. The van der Waals surface area contributed by atoms with E-state index in [2.05, 4.69) is 47.2 Å². The predicted octanol–water partition coefficient (Wildman–Crippen LogP) is 4.46. The highest BCUT2D eigenvalue weighted by Gasteiger charge is 2.33. The Morgan fingerprint density at radius 1 is 1.03 bits per heavy atom. The summed E-state index contributed by atoms with van der Waals surface area (Å²) in [6.45, 7) is 11.4. The Morgan fingerprint density at radius 3 is 2.30 bits per heavy atom. The molecule has 1 aromatic heterocycles. The van der Waals surface area contributed by atoms with Crippen molar-refractivity contribution in [3.63, 3.8) is 0 Å². The van der Waals surface area contributed by atoms with E-state index in [1.165, 1.54) is 5.56 Å². The number of hydrogen-bond donors (Lipinski definition) is 1. The van der Waals surface area contributed by atoms with Crippen molar-refractivity contribution in [1.82, 2.24) is 9.88 Å². The van der Waals surface area contributed by atoms with Crippen LogP contribution in [0.15, 0.2) is 42.6 Å². The average Bonchev–Trinajstić information content (AvgIpc) is 2.79. The molecular formula is C27H36N4O2. The quantitative estimate of drug-likeness (QED) is 0.708. The van der Waals surface area contributed by atoms with Gasteiger partial charge in [-0.3, -0.25) is 14.6 Å². The number of rotatable bonds is 6. The molecule has 0 saturated carbocycles. The fraction of sp³-hybridized carbons (Fsp3) is 0.519. The zero-order valence-electron chi connectivity index (χ0n) is 20.3. The number of carbonyl (C=O) groups is 2. The van der Waals surface area contributed by atoms with E-state index in [-0.39, 0.29) is 23.7 Å². The van der Waals surface area contributed by atoms with Gasteiger partial charge >= 0.3 is 0 Å². The van der Waals surface area contributed by atoms with Gasteiger partial charge in [0.1, 0.15) is 0 Å². The molecule has 3 heterocycles. The molecule has 1 unspecified atom stereocenters. The highest BCUT2D eigenvalue weighted by Crippen LogP contribution is 2.31. The lowest BCUT2D eigenvalue weighted by molar-refractivity contribution is -0.137. The summed E-state index contributed by atoms with van der Waals surface area (Å²) in [5, 5.41) is 3.07. The number of hydrogen-bond acceptors (Lipinski definition) is 4. The van der Waals surface area contributed by atoms with Crippen LogP contribution in [-0.4, -0.2) is 47.9 Å². The van der Waals surface area contributed by atoms with Crippen molar-refractivity contribution < 1.29 is 9.59 Å². The number of aromatic nitrogens is 1. The lowest BCUT2D eigenvalue weighted by Crippen LogP contribution is -2.52. The lowest BCUT2D eigenvalue weighted by Gasteiger charge is -2.40. The van der Waals surface area contributed by atoms with Gasteiger partial charge in [-0.25, -0.2) is 0 Å². The van der Waals surface area contributed by atoms with Crippen molar-refractivity contribution in [2.75, 3.05) is 36.4 Å². The van der Waals surface area contributed by atoms with Gasteiger partial charge in [0.15, 0.2) is 0 Å². The topological polar surface area (TPSA) is 65.5 Å². The Hall–Kier alpha value is -2.89. The molecule has 0 aliphatic carbocycles. The molecule has 6 heteroatoms. The molecular weight excluding hydrogens is 412 g/mol. The summed E-state index contributed by atoms with van der Waals surface area (Å²) in [5.41, 5.74) is 4.24. The number of likely N-dealkylation sites (tertiary alicyclic amines) is 1. The minimum atomic E-state index is -0.000576. The molecule has 2 saturated heterocycles. The van der Waals surface area contributed by atoms with Crippen LogP contribution in [0, 0.1) is 24.7 Å². The highest BCUT2D eigenvalue weighted by atomic mass is 16.2. The Bertz CT molecular complexity index is 974. The summed E-state index contributed by atoms with van der Waals surface area (Å²) in [5.74, 6) is 1.29. The maximum atomic E-state index is 12.7. The van der Waals surface area contributed by atoms with Gasteiger partial charge < -0.3 is 15.1 Å². The molecule has 4 rings (SSSR count). The van der Waals surface area contributed by atoms with Crippen LogP contribution >= 0.6 is 0 Å². The van der Waals surface area contributed by atoms with Crippen LogP contribution in [-0.2, 0) is 9.59 Å². The summed E-state index contributed by atoms with van der Waals surface area (Å²) in [6.07, 6.45) is 3.78. The molecule has 0 radical (unpaired) electrons. The van der Waals surface area contributed by atoms with Crippen LogP contribution in [0.2, 0.25) is 0 Å². The second-order valence-electron chi connectivity index (χ2n) is 9.95. The van der Waals surface area contributed by atoms with E-state index >= 15 is 0 Å². The minimum absolute atomic E-state index is 0.000576. The molecule has 0 spiro atoms. The molecule has 0 bridgehead atoms. The Balaban J connectivity index is 1.25. The molecule has 1 aromatic carbocycles. The third kappa shape index (κ3) is 5.21. The Kier molecular flexibility index (Phi) is 7.01. The van der Waals surface area contributed by atoms with Crippen LogP contribution in [0.4, 0.5) is 11.4 Å². The monoisotopic (exact) mass is 448 g/mol. The maximum absolute atomic E-state index is 12.7. The van der Waals surface area contributed by atoms with Crippen LogP contribution in [0.1, 0.15) is 50.8 Å². The molecule has 1 N–H and O–H groups in total. The second kappa shape index (κ2) is 9.94. The standard InChI is InChI=1S/C27H36N4O2/c1-18(2)19(3)27(33)30-14-11-22(12-15-30)21-7-9-24(10-8-21)29-26(32)23-16-31(17-23)25-6-5-13-28-20(25)4/h5-10,13,18-19,22-23H,11-12,14-17H2,1-4H3,(H,29,32). The van der Waals surface area contributed by atoms with E-state index < -0.39 is 0 Å². The number of aryl methyl sites for hydroxylation is 1. The number of piperidine rings is 1. The third-order valence-corrected chi connectivity index (χ3v) is 7.42. The zero-order valence-corrected chi connectivity index (χ0v) is 20.3. The van der Waals surface area contributed by atoms with Crippen LogP contribution in [0.5, 0.6) is 0 Å². The smallest absolute Gasteiger partial charge is 0.231 e. The van der Waals surface area contributed by atoms with Crippen molar-refractivity contribution in [2.24, 2.45) is 17.8 Å². The first-order chi connectivity index (χ1) is 15.8. The van der Waals surface area contributed by atoms with Crippen molar-refractivity contribution in [3.8, 4) is 0 Å². The number of amides is 2. The van der Waals surface area contributed by atoms with Gasteiger partial charge in [0.25, 0.3) is 0 Å². The van der Waals surface area contributed by atoms with Gasteiger partial charge in [-0.05, 0) is 61.4 Å². The Labute approximate surface area is 197 Å². The lowest BCUT2D eigenvalue weighted by atomic mass is 9.88. The van der Waals surface area contributed by atoms with Gasteiger partial charge in [-0.15, -0.1) is 0 Å². The number of carbonyl (C=O) groups excluding carboxylic acids is 2. The number of nitrogens with zero attached hydrogens (tertiary/aromatic N) is 3. The van der Waals surface area contributed by atoms with Gasteiger partial charge in [0.05, 0.1) is 17.3 Å². The predicted molar refractivity (Wildman–Crippen MR) is 132 cm³/mol. The SMILES string of the molecule is Cc1ncccc1N1CC(C(=O)Nc2ccc(C3CCN(C(=O)C(C)C(C)C)CC3)cc2)C1. The summed E-state index contributed by atoms with van der Waals surface area (Å²) in [6, 6.07) is 12.3.